The van der Waals surface area contributed by atoms with E-state index in [2.05, 4.69) is 34.6 Å². The van der Waals surface area contributed by atoms with Crippen LogP contribution < -0.4 is 0 Å². The lowest BCUT2D eigenvalue weighted by molar-refractivity contribution is -0.317. The zero-order valence-corrected chi connectivity index (χ0v) is 28.7. The molecule has 264 valence electrons. The molecule has 0 aromatic carbocycles. The molecule has 1 heterocycles. The molecule has 0 aromatic heterocycles. The predicted molar refractivity (Wildman–Crippen MR) is 168 cm³/mol. The van der Waals surface area contributed by atoms with Gasteiger partial charge in [-0.1, -0.05) is 34.6 Å². The van der Waals surface area contributed by atoms with E-state index in [0.717, 1.165) is 57.8 Å². The molecule has 5 aliphatic carbocycles. The minimum Gasteiger partial charge on any atom is -0.479 e. The first kappa shape index (κ1) is 35.0. The van der Waals surface area contributed by atoms with Gasteiger partial charge in [-0.25, -0.2) is 4.79 Å². The lowest BCUT2D eigenvalue weighted by Gasteiger charge is -2.73. The minimum atomic E-state index is -1.71. The van der Waals surface area contributed by atoms with Gasteiger partial charge in [-0.05, 0) is 116 Å². The Labute approximate surface area is 273 Å². The molecular weight excluding hydrogens is 592 g/mol. The van der Waals surface area contributed by atoms with Crippen molar-refractivity contribution in [1.29, 1.82) is 0 Å². The van der Waals surface area contributed by atoms with Crippen molar-refractivity contribution in [2.45, 2.75) is 148 Å². The maximum atomic E-state index is 12.1. The number of ether oxygens (including phenoxy) is 2. The van der Waals surface area contributed by atoms with E-state index in [1.165, 1.54) is 6.92 Å². The Kier molecular flexibility index (Phi) is 8.62. The molecule has 0 spiro atoms. The predicted octanol–water partition coefficient (Wildman–Crippen LogP) is 3.08. The highest BCUT2D eigenvalue weighted by Gasteiger charge is 2.72. The van der Waals surface area contributed by atoms with E-state index >= 15 is 0 Å². The smallest absolute Gasteiger partial charge is 0.335 e. The number of aliphatic carboxylic acids is 1. The number of fused-ring (bicyclic) bond motifs is 7. The summed E-state index contributed by atoms with van der Waals surface area (Å²) in [6.45, 7) is 13.0. The van der Waals surface area contributed by atoms with Crippen molar-refractivity contribution in [3.05, 3.63) is 0 Å². The average molecular weight is 653 g/mol. The molecule has 46 heavy (non-hydrogen) atoms. The molecule has 10 heteroatoms. The highest BCUT2D eigenvalue weighted by molar-refractivity contribution is 5.77. The van der Waals surface area contributed by atoms with E-state index in [1.54, 1.807) is 0 Å². The Morgan fingerprint density at radius 3 is 1.98 bits per heavy atom. The van der Waals surface area contributed by atoms with Crippen LogP contribution in [0, 0.1) is 56.7 Å². The van der Waals surface area contributed by atoms with Crippen LogP contribution in [-0.2, 0) is 14.3 Å². The molecule has 6 fully saturated rings. The summed E-state index contributed by atoms with van der Waals surface area (Å²) in [7, 11) is 0. The van der Waals surface area contributed by atoms with Crippen LogP contribution in [0.3, 0.4) is 0 Å². The van der Waals surface area contributed by atoms with E-state index in [9.17, 15) is 40.5 Å². The van der Waals surface area contributed by atoms with Crippen molar-refractivity contribution in [1.82, 2.24) is 0 Å². The number of carboxylic acid groups (broad SMARTS) is 1. The standard InChI is InChI=1S/C36H60O10/c1-31-13-9-20(36(6,44)30(42)43)19(31)10-15-34(4)23(31)7-8-24-32(2)14-12-25(38)33(3,22(32)11-16-35(24,34)5)18-45-29-28(41)27(40)26(39)21(17-37)46-29/h19-29,37-41,44H,7-18H2,1-6H3,(H,42,43)/t19-,20-,21-,22+,23+,24-,25-,26+,27+,28+,29-,31+,32-,33-,34+,35-,36-/m0/s1. The van der Waals surface area contributed by atoms with E-state index in [-0.39, 0.29) is 46.0 Å². The van der Waals surface area contributed by atoms with Crippen LogP contribution in [0.5, 0.6) is 0 Å². The third-order valence-electron chi connectivity index (χ3n) is 16.3. The van der Waals surface area contributed by atoms with Gasteiger partial charge in [0.05, 0.1) is 19.3 Å². The van der Waals surface area contributed by atoms with Gasteiger partial charge in [-0.2, -0.15) is 0 Å². The zero-order chi connectivity index (χ0) is 33.8. The van der Waals surface area contributed by atoms with E-state index in [0.29, 0.717) is 18.3 Å². The van der Waals surface area contributed by atoms with Crippen molar-refractivity contribution in [3.8, 4) is 0 Å². The van der Waals surface area contributed by atoms with Crippen LogP contribution in [0.2, 0.25) is 0 Å². The summed E-state index contributed by atoms with van der Waals surface area (Å²) in [4.78, 5) is 12.1. The number of rotatable bonds is 6. The van der Waals surface area contributed by atoms with E-state index < -0.39 is 60.4 Å². The van der Waals surface area contributed by atoms with Gasteiger partial charge in [0.15, 0.2) is 11.9 Å². The molecule has 10 nitrogen and oxygen atoms in total. The van der Waals surface area contributed by atoms with Crippen LogP contribution in [-0.4, -0.2) is 97.3 Å². The van der Waals surface area contributed by atoms with Gasteiger partial charge in [0, 0.05) is 11.3 Å². The zero-order valence-electron chi connectivity index (χ0n) is 28.7. The summed E-state index contributed by atoms with van der Waals surface area (Å²) >= 11 is 0. The summed E-state index contributed by atoms with van der Waals surface area (Å²) in [5, 5.41) is 73.4. The summed E-state index contributed by atoms with van der Waals surface area (Å²) in [5.41, 5.74) is -2.29. The lowest BCUT2D eigenvalue weighted by atomic mass is 9.31. The van der Waals surface area contributed by atoms with Gasteiger partial charge >= 0.3 is 5.97 Å². The third kappa shape index (κ3) is 4.60. The lowest BCUT2D eigenvalue weighted by Crippen LogP contribution is -2.68. The molecule has 0 amide bonds. The Morgan fingerprint density at radius 2 is 1.37 bits per heavy atom. The maximum absolute atomic E-state index is 12.1. The number of hydrogen-bond donors (Lipinski definition) is 7. The fraction of sp³-hybridized carbons (Fsp3) is 0.972. The monoisotopic (exact) mass is 652 g/mol. The molecule has 0 bridgehead atoms. The molecule has 6 aliphatic rings. The Hall–Kier alpha value is -0.850. The van der Waals surface area contributed by atoms with Crippen molar-refractivity contribution >= 4 is 5.97 Å². The van der Waals surface area contributed by atoms with Crippen LogP contribution >= 0.6 is 0 Å². The fourth-order valence-corrected chi connectivity index (χ4v) is 13.5. The normalized spacial score (nSPS) is 56.6. The van der Waals surface area contributed by atoms with Gasteiger partial charge in [-0.3, -0.25) is 0 Å². The van der Waals surface area contributed by atoms with E-state index in [4.69, 9.17) is 9.47 Å². The minimum absolute atomic E-state index is 0.0145. The van der Waals surface area contributed by atoms with Gasteiger partial charge < -0.3 is 45.2 Å². The fourth-order valence-electron chi connectivity index (χ4n) is 13.5. The summed E-state index contributed by atoms with van der Waals surface area (Å²) in [6, 6.07) is 0. The summed E-state index contributed by atoms with van der Waals surface area (Å²) < 4.78 is 11.8. The second-order valence-corrected chi connectivity index (χ2v) is 17.9. The van der Waals surface area contributed by atoms with Crippen molar-refractivity contribution < 1.29 is 50.0 Å². The first-order valence-corrected chi connectivity index (χ1v) is 17.9. The molecule has 5 saturated carbocycles. The van der Waals surface area contributed by atoms with Crippen LogP contribution in [0.4, 0.5) is 0 Å². The molecule has 0 radical (unpaired) electrons. The van der Waals surface area contributed by atoms with Crippen molar-refractivity contribution in [2.24, 2.45) is 56.7 Å². The molecule has 1 aliphatic heterocycles. The quantitative estimate of drug-likeness (QED) is 0.226. The first-order chi connectivity index (χ1) is 21.3. The number of carboxylic acids is 1. The van der Waals surface area contributed by atoms with Gasteiger partial charge in [0.25, 0.3) is 0 Å². The number of hydrogen-bond acceptors (Lipinski definition) is 9. The molecule has 0 aromatic rings. The van der Waals surface area contributed by atoms with E-state index in [1.807, 2.05) is 0 Å². The number of aliphatic hydroxyl groups excluding tert-OH is 5. The van der Waals surface area contributed by atoms with Crippen LogP contribution in [0.25, 0.3) is 0 Å². The van der Waals surface area contributed by atoms with Crippen LogP contribution in [0.1, 0.15) is 106 Å². The molecular formula is C36H60O10. The third-order valence-corrected chi connectivity index (χ3v) is 16.3. The highest BCUT2D eigenvalue weighted by atomic mass is 16.7. The second kappa shape index (κ2) is 11.3. The van der Waals surface area contributed by atoms with Gasteiger partial charge in [0.2, 0.25) is 0 Å². The summed E-state index contributed by atoms with van der Waals surface area (Å²) in [5.74, 6) is -0.127. The largest absolute Gasteiger partial charge is 0.479 e. The Morgan fingerprint density at radius 1 is 0.783 bits per heavy atom. The first-order valence-electron chi connectivity index (χ1n) is 17.9. The number of carbonyl (C=O) groups is 1. The molecule has 7 N–H and O–H groups in total. The molecule has 0 unspecified atom stereocenters. The highest BCUT2D eigenvalue weighted by Crippen LogP contribution is 2.78. The Bertz CT molecular complexity index is 1180. The van der Waals surface area contributed by atoms with Gasteiger partial charge in [0.1, 0.15) is 24.4 Å². The average Bonchev–Trinajstić information content (AvgIpc) is 3.36. The topological polar surface area (TPSA) is 177 Å². The summed E-state index contributed by atoms with van der Waals surface area (Å²) in [6.07, 6.45) is 1.96. The second-order valence-electron chi connectivity index (χ2n) is 17.9. The Balaban J connectivity index is 1.25. The van der Waals surface area contributed by atoms with Crippen molar-refractivity contribution in [3.63, 3.8) is 0 Å². The maximum Gasteiger partial charge on any atom is 0.335 e. The van der Waals surface area contributed by atoms with Crippen molar-refractivity contribution in [2.75, 3.05) is 13.2 Å². The van der Waals surface area contributed by atoms with Crippen LogP contribution in [0.15, 0.2) is 0 Å². The molecule has 6 rings (SSSR count). The number of aliphatic hydroxyl groups is 6. The molecule has 17 atom stereocenters. The van der Waals surface area contributed by atoms with Gasteiger partial charge in [-0.15, -0.1) is 0 Å². The molecule has 1 saturated heterocycles. The SMILES string of the molecule is C[C@]1(CO[C@H]2O[C@@H](CO)[C@@H](O)[C@@H](O)[C@H]2O)[C@@H]2CC[C@@]3(C)[C@@H](CC[C@@H]4[C@]5(C)CC[C@H]([C@](C)(O)C(=O)O)[C@@H]5CC[C@]43C)[C@@]2(C)CC[C@@H]1O.